The van der Waals surface area contributed by atoms with Crippen LogP contribution in [0.25, 0.3) is 0 Å². The minimum absolute atomic E-state index is 0.0287. The molecule has 1 aromatic carbocycles. The van der Waals surface area contributed by atoms with Crippen LogP contribution < -0.4 is 20.5 Å². The van der Waals surface area contributed by atoms with Crippen LogP contribution in [0.15, 0.2) is 27.5 Å². The molecule has 11 nitrogen and oxygen atoms in total. The number of nitrogens with zero attached hydrogens (tertiary/aromatic N) is 1. The number of benzene rings is 1. The molecule has 3 rings (SSSR count). The van der Waals surface area contributed by atoms with Gasteiger partial charge >= 0.3 is 0 Å². The molecule has 1 unspecified atom stereocenters. The minimum atomic E-state index is -4.07. The first-order valence-corrected chi connectivity index (χ1v) is 11.5. The van der Waals surface area contributed by atoms with Crippen molar-refractivity contribution in [2.24, 2.45) is 5.73 Å². The Bertz CT molecular complexity index is 1220. The molecule has 3 N–H and O–H groups in total. The molecule has 1 fully saturated rings. The number of nitrogens with two attached hydrogens (primary N) is 1. The van der Waals surface area contributed by atoms with E-state index in [2.05, 4.69) is 5.32 Å². The van der Waals surface area contributed by atoms with E-state index in [1.165, 1.54) is 46.3 Å². The number of methoxy groups -OCH3 is 2. The van der Waals surface area contributed by atoms with E-state index in [1.807, 2.05) is 0 Å². The van der Waals surface area contributed by atoms with Crippen molar-refractivity contribution in [1.29, 1.82) is 0 Å². The van der Waals surface area contributed by atoms with E-state index in [0.29, 0.717) is 12.2 Å². The van der Waals surface area contributed by atoms with Crippen molar-refractivity contribution in [3.63, 3.8) is 0 Å². The van der Waals surface area contributed by atoms with Crippen molar-refractivity contribution < 1.29 is 36.7 Å². The van der Waals surface area contributed by atoms with Crippen LogP contribution >= 0.6 is 0 Å². The Kier molecular flexibility index (Phi) is 6.79. The summed E-state index contributed by atoms with van der Waals surface area (Å²) in [7, 11) is -1.25. The van der Waals surface area contributed by atoms with E-state index in [4.69, 9.17) is 19.6 Å². The fourth-order valence-electron chi connectivity index (χ4n) is 3.89. The number of furan rings is 1. The molecule has 1 aliphatic rings. The summed E-state index contributed by atoms with van der Waals surface area (Å²) in [6.07, 6.45) is 0.701. The van der Waals surface area contributed by atoms with Gasteiger partial charge in [0.25, 0.3) is 5.91 Å². The van der Waals surface area contributed by atoms with Crippen LogP contribution in [0.1, 0.15) is 46.2 Å². The fourth-order valence-corrected chi connectivity index (χ4v) is 5.56. The van der Waals surface area contributed by atoms with E-state index in [9.17, 15) is 22.8 Å². The van der Waals surface area contributed by atoms with Gasteiger partial charge in [-0.05, 0) is 38.8 Å². The quantitative estimate of drug-likeness (QED) is 0.541. The Morgan fingerprint density at radius 2 is 1.82 bits per heavy atom. The third-order valence-corrected chi connectivity index (χ3v) is 7.29. The summed E-state index contributed by atoms with van der Waals surface area (Å²) < 4.78 is 43.4. The molecule has 0 spiro atoms. The summed E-state index contributed by atoms with van der Waals surface area (Å²) in [5, 5.41) is 2.43. The fraction of sp³-hybridized carbons (Fsp3) is 0.381. The highest BCUT2D eigenvalue weighted by Crippen LogP contribution is 2.34. The van der Waals surface area contributed by atoms with E-state index >= 15 is 0 Å². The third-order valence-electron chi connectivity index (χ3n) is 5.39. The second-order valence-corrected chi connectivity index (χ2v) is 9.33. The van der Waals surface area contributed by atoms with E-state index in [1.54, 1.807) is 0 Å². The molecule has 33 heavy (non-hydrogen) atoms. The number of sulfonamides is 1. The van der Waals surface area contributed by atoms with Gasteiger partial charge in [-0.15, -0.1) is 0 Å². The van der Waals surface area contributed by atoms with Gasteiger partial charge in [0.2, 0.25) is 21.8 Å². The summed E-state index contributed by atoms with van der Waals surface area (Å²) in [4.78, 5) is 36.8. The largest absolute Gasteiger partial charge is 0.493 e. The molecular formula is C21H25N3O8S. The van der Waals surface area contributed by atoms with Crippen LogP contribution in [-0.2, 0) is 14.8 Å². The van der Waals surface area contributed by atoms with Crippen molar-refractivity contribution in [1.82, 2.24) is 4.31 Å². The number of anilines is 1. The maximum Gasteiger partial charge on any atom is 0.255 e. The van der Waals surface area contributed by atoms with Crippen LogP contribution in [0.2, 0.25) is 0 Å². The molecule has 2 heterocycles. The Balaban J connectivity index is 1.92. The molecule has 178 valence electrons. The lowest BCUT2D eigenvalue weighted by molar-refractivity contribution is -0.119. The van der Waals surface area contributed by atoms with E-state index < -0.39 is 33.7 Å². The van der Waals surface area contributed by atoms with Crippen LogP contribution in [0, 0.1) is 6.92 Å². The van der Waals surface area contributed by atoms with Crippen molar-refractivity contribution in [2.45, 2.75) is 37.6 Å². The predicted molar refractivity (Wildman–Crippen MR) is 117 cm³/mol. The van der Waals surface area contributed by atoms with Gasteiger partial charge in [-0.3, -0.25) is 19.7 Å². The lowest BCUT2D eigenvalue weighted by atomic mass is 10.1. The standard InChI is InChI=1S/C21H25N3O8S/c1-11(25)17-12(2)32-21(18(17)19(22)26)23-20(27)14-6-5-9-24(14)33(28,29)13-7-8-15(30-3)16(10-13)31-4/h7-8,10,14H,5-6,9H2,1-4H3,(H2,22,26)(H,23,27). The molecule has 1 aliphatic heterocycles. The summed E-state index contributed by atoms with van der Waals surface area (Å²) >= 11 is 0. The predicted octanol–water partition coefficient (Wildman–Crippen LogP) is 1.70. The number of primary amides is 1. The van der Waals surface area contributed by atoms with Crippen LogP contribution in [0.3, 0.4) is 0 Å². The molecule has 1 atom stereocenters. The van der Waals surface area contributed by atoms with Crippen molar-refractivity contribution >= 4 is 33.5 Å². The molecule has 2 amide bonds. The maximum atomic E-state index is 13.3. The minimum Gasteiger partial charge on any atom is -0.493 e. The van der Waals surface area contributed by atoms with Gasteiger partial charge in [0.1, 0.15) is 17.4 Å². The zero-order valence-electron chi connectivity index (χ0n) is 18.6. The number of Topliss-reactive ketones (excluding diaryl/α,β-unsaturated/α-hetero) is 1. The zero-order chi connectivity index (χ0) is 24.5. The lowest BCUT2D eigenvalue weighted by Crippen LogP contribution is -2.43. The average Bonchev–Trinajstić information content (AvgIpc) is 3.38. The Hall–Kier alpha value is -3.38. The van der Waals surface area contributed by atoms with Crippen molar-refractivity contribution in [3.05, 3.63) is 35.1 Å². The van der Waals surface area contributed by atoms with Gasteiger partial charge in [0.05, 0.1) is 24.7 Å². The molecule has 2 aromatic rings. The smallest absolute Gasteiger partial charge is 0.255 e. The molecule has 1 aromatic heterocycles. The molecule has 0 saturated carbocycles. The summed E-state index contributed by atoms with van der Waals surface area (Å²) in [6.45, 7) is 2.82. The first-order chi connectivity index (χ1) is 15.5. The number of rotatable bonds is 8. The Morgan fingerprint density at radius 3 is 2.39 bits per heavy atom. The number of ketones is 1. The number of aryl methyl sites for hydroxylation is 1. The van der Waals surface area contributed by atoms with Gasteiger partial charge in [-0.25, -0.2) is 8.42 Å². The van der Waals surface area contributed by atoms with Gasteiger partial charge in [-0.1, -0.05) is 0 Å². The Morgan fingerprint density at radius 1 is 1.15 bits per heavy atom. The summed E-state index contributed by atoms with van der Waals surface area (Å²) in [5.74, 6) is -1.69. The molecule has 0 aliphatic carbocycles. The second kappa shape index (κ2) is 9.24. The number of amides is 2. The molecule has 0 bridgehead atoms. The van der Waals surface area contributed by atoms with Gasteiger partial charge in [0.15, 0.2) is 17.3 Å². The van der Waals surface area contributed by atoms with E-state index in [-0.39, 0.29) is 46.4 Å². The first kappa shape index (κ1) is 24.3. The van der Waals surface area contributed by atoms with Crippen LogP contribution in [0.5, 0.6) is 11.5 Å². The molecule has 12 heteroatoms. The normalized spacial score (nSPS) is 16.4. The number of hydrogen-bond donors (Lipinski definition) is 2. The second-order valence-electron chi connectivity index (χ2n) is 7.44. The molecule has 0 radical (unpaired) electrons. The van der Waals surface area contributed by atoms with Gasteiger partial charge in [0, 0.05) is 12.6 Å². The monoisotopic (exact) mass is 479 g/mol. The lowest BCUT2D eigenvalue weighted by Gasteiger charge is -2.23. The van der Waals surface area contributed by atoms with Gasteiger partial charge < -0.3 is 19.6 Å². The zero-order valence-corrected chi connectivity index (χ0v) is 19.4. The van der Waals surface area contributed by atoms with Crippen LogP contribution in [0.4, 0.5) is 5.88 Å². The average molecular weight is 480 g/mol. The Labute approximate surface area is 190 Å². The number of hydrogen-bond acceptors (Lipinski definition) is 8. The number of ether oxygens (including phenoxy) is 2. The highest BCUT2D eigenvalue weighted by Gasteiger charge is 2.40. The van der Waals surface area contributed by atoms with Crippen molar-refractivity contribution in [2.75, 3.05) is 26.1 Å². The summed E-state index contributed by atoms with van der Waals surface area (Å²) in [5.41, 5.74) is 5.11. The maximum absolute atomic E-state index is 13.3. The summed E-state index contributed by atoms with van der Waals surface area (Å²) in [6, 6.07) is 3.09. The van der Waals surface area contributed by atoms with Gasteiger partial charge in [-0.2, -0.15) is 4.31 Å². The topological polar surface area (TPSA) is 158 Å². The SMILES string of the molecule is COc1ccc(S(=O)(=O)N2CCCC2C(=O)Nc2oc(C)c(C(C)=O)c2C(N)=O)cc1OC. The van der Waals surface area contributed by atoms with Crippen molar-refractivity contribution in [3.8, 4) is 11.5 Å². The first-order valence-electron chi connectivity index (χ1n) is 10.0. The highest BCUT2D eigenvalue weighted by atomic mass is 32.2. The van der Waals surface area contributed by atoms with E-state index in [0.717, 1.165) is 4.31 Å². The number of carbonyl (C=O) groups is 3. The molecule has 1 saturated heterocycles. The third kappa shape index (κ3) is 4.44. The highest BCUT2D eigenvalue weighted by molar-refractivity contribution is 7.89. The molecular weight excluding hydrogens is 454 g/mol. The number of nitrogens with one attached hydrogen (secondary N) is 1. The number of carbonyl (C=O) groups excluding carboxylic acids is 3. The van der Waals surface area contributed by atoms with Crippen LogP contribution in [-0.4, -0.2) is 57.1 Å².